The van der Waals surface area contributed by atoms with Gasteiger partial charge in [-0.25, -0.2) is 0 Å². The summed E-state index contributed by atoms with van der Waals surface area (Å²) in [4.78, 5) is 22.8. The standard InChI is InChI=1S/C12H23O7P/c1-6-17-20(16,18-7-2)9(8-10(13)14)11(15)19-12(3,4)5/h9H,6-8H2,1-5H3,(H,13,14)/p-1. The third-order valence-electron chi connectivity index (χ3n) is 2.04. The Labute approximate surface area is 119 Å². The minimum atomic E-state index is -3.92. The molecule has 0 radical (unpaired) electrons. The minimum Gasteiger partial charge on any atom is -0.550 e. The predicted molar refractivity (Wildman–Crippen MR) is 70.1 cm³/mol. The highest BCUT2D eigenvalue weighted by molar-refractivity contribution is 7.55. The number of carbonyl (C=O) groups is 2. The van der Waals surface area contributed by atoms with Gasteiger partial charge in [0, 0.05) is 12.4 Å². The highest BCUT2D eigenvalue weighted by Crippen LogP contribution is 2.54. The normalized spacial score (nSPS) is 13.8. The van der Waals surface area contributed by atoms with E-state index in [9.17, 15) is 19.3 Å². The molecule has 0 aliphatic heterocycles. The number of carbonyl (C=O) groups excluding carboxylic acids is 2. The molecule has 0 aliphatic carbocycles. The van der Waals surface area contributed by atoms with E-state index in [0.29, 0.717) is 0 Å². The van der Waals surface area contributed by atoms with E-state index >= 15 is 0 Å². The second kappa shape index (κ2) is 7.76. The lowest BCUT2D eigenvalue weighted by Gasteiger charge is -2.28. The molecule has 0 N–H and O–H groups in total. The quantitative estimate of drug-likeness (QED) is 0.488. The van der Waals surface area contributed by atoms with Crippen LogP contribution < -0.4 is 5.11 Å². The average Bonchev–Trinajstić information content (AvgIpc) is 2.23. The maximum atomic E-state index is 12.5. The third-order valence-corrected chi connectivity index (χ3v) is 4.43. The van der Waals surface area contributed by atoms with Crippen molar-refractivity contribution in [3.63, 3.8) is 0 Å². The van der Waals surface area contributed by atoms with Crippen molar-refractivity contribution in [2.24, 2.45) is 0 Å². The minimum absolute atomic E-state index is 0.0175. The van der Waals surface area contributed by atoms with Gasteiger partial charge in [-0.3, -0.25) is 9.36 Å². The van der Waals surface area contributed by atoms with E-state index in [4.69, 9.17) is 13.8 Å². The molecule has 0 aromatic heterocycles. The third kappa shape index (κ3) is 6.50. The average molecular weight is 309 g/mol. The van der Waals surface area contributed by atoms with E-state index in [0.717, 1.165) is 0 Å². The molecule has 118 valence electrons. The van der Waals surface area contributed by atoms with Crippen molar-refractivity contribution in [3.05, 3.63) is 0 Å². The highest BCUT2D eigenvalue weighted by Gasteiger charge is 2.43. The summed E-state index contributed by atoms with van der Waals surface area (Å²) >= 11 is 0. The smallest absolute Gasteiger partial charge is 0.345 e. The molecule has 1 unspecified atom stereocenters. The number of esters is 1. The lowest BCUT2D eigenvalue weighted by atomic mass is 10.2. The number of rotatable bonds is 8. The van der Waals surface area contributed by atoms with Gasteiger partial charge < -0.3 is 23.7 Å². The SMILES string of the molecule is CCOP(=O)(OCC)C(CC(=O)[O-])C(=O)OC(C)(C)C. The van der Waals surface area contributed by atoms with Crippen LogP contribution in [0.3, 0.4) is 0 Å². The van der Waals surface area contributed by atoms with Crippen molar-refractivity contribution in [3.8, 4) is 0 Å². The van der Waals surface area contributed by atoms with Gasteiger partial charge in [-0.05, 0) is 34.6 Å². The van der Waals surface area contributed by atoms with Crippen molar-refractivity contribution >= 4 is 19.5 Å². The summed E-state index contributed by atoms with van der Waals surface area (Å²) in [5, 5.41) is 10.8. The molecule has 0 spiro atoms. The van der Waals surface area contributed by atoms with Crippen LogP contribution in [0, 0.1) is 0 Å². The lowest BCUT2D eigenvalue weighted by Crippen LogP contribution is -2.37. The molecule has 0 fully saturated rings. The molecule has 0 bridgehead atoms. The van der Waals surface area contributed by atoms with Crippen LogP contribution in [0.2, 0.25) is 0 Å². The summed E-state index contributed by atoms with van der Waals surface area (Å²) in [5.74, 6) is -2.47. The van der Waals surface area contributed by atoms with Crippen LogP contribution in [0.25, 0.3) is 0 Å². The number of hydrogen-bond donors (Lipinski definition) is 0. The maximum absolute atomic E-state index is 12.5. The molecule has 7 nitrogen and oxygen atoms in total. The Balaban J connectivity index is 5.34. The van der Waals surface area contributed by atoms with Gasteiger partial charge in [0.15, 0.2) is 5.66 Å². The molecule has 0 aromatic rings. The van der Waals surface area contributed by atoms with Gasteiger partial charge in [0.05, 0.1) is 13.2 Å². The molecule has 0 amide bonds. The first kappa shape index (κ1) is 19.1. The van der Waals surface area contributed by atoms with Gasteiger partial charge in [0.25, 0.3) is 0 Å². The van der Waals surface area contributed by atoms with Gasteiger partial charge in [0.1, 0.15) is 5.60 Å². The van der Waals surface area contributed by atoms with Crippen LogP contribution in [0.15, 0.2) is 0 Å². The van der Waals surface area contributed by atoms with Gasteiger partial charge in [-0.1, -0.05) is 0 Å². The Morgan fingerprint density at radius 3 is 1.90 bits per heavy atom. The number of carboxylic acids is 1. The molecule has 20 heavy (non-hydrogen) atoms. The Kier molecular flexibility index (Phi) is 7.41. The largest absolute Gasteiger partial charge is 0.550 e. The number of hydrogen-bond acceptors (Lipinski definition) is 7. The van der Waals surface area contributed by atoms with Crippen LogP contribution >= 0.6 is 7.60 Å². The molecular weight excluding hydrogens is 287 g/mol. The van der Waals surface area contributed by atoms with E-state index in [-0.39, 0.29) is 13.2 Å². The zero-order chi connectivity index (χ0) is 16.0. The number of aliphatic carboxylic acids is 1. The van der Waals surface area contributed by atoms with Gasteiger partial charge in [-0.2, -0.15) is 0 Å². The summed E-state index contributed by atoms with van der Waals surface area (Å²) in [6.07, 6.45) is -0.786. The van der Waals surface area contributed by atoms with Crippen molar-refractivity contribution in [2.45, 2.75) is 52.3 Å². The predicted octanol–water partition coefficient (Wildman–Crippen LogP) is 1.10. The van der Waals surface area contributed by atoms with Crippen LogP contribution in [0.5, 0.6) is 0 Å². The summed E-state index contributed by atoms with van der Waals surface area (Å²) in [7, 11) is -3.92. The fourth-order valence-electron chi connectivity index (χ4n) is 1.43. The van der Waals surface area contributed by atoms with E-state index < -0.39 is 37.2 Å². The van der Waals surface area contributed by atoms with Crippen molar-refractivity contribution < 1.29 is 33.0 Å². The molecule has 0 aliphatic rings. The molecule has 0 rings (SSSR count). The van der Waals surface area contributed by atoms with E-state index in [1.807, 2.05) is 0 Å². The first-order valence-electron chi connectivity index (χ1n) is 6.37. The molecular formula is C12H22O7P-. The van der Waals surface area contributed by atoms with Crippen molar-refractivity contribution in [1.29, 1.82) is 0 Å². The summed E-state index contributed by atoms with van der Waals surface area (Å²) in [6, 6.07) is 0. The fourth-order valence-corrected chi connectivity index (χ4v) is 3.27. The lowest BCUT2D eigenvalue weighted by molar-refractivity contribution is -0.305. The number of ether oxygens (including phenoxy) is 1. The van der Waals surface area contributed by atoms with Crippen LogP contribution in [-0.2, 0) is 27.9 Å². The summed E-state index contributed by atoms with van der Waals surface area (Å²) < 4.78 is 27.6. The fraction of sp³-hybridized carbons (Fsp3) is 0.833. The Bertz CT molecular complexity index is 376. The van der Waals surface area contributed by atoms with Crippen molar-refractivity contribution in [1.82, 2.24) is 0 Å². The van der Waals surface area contributed by atoms with Gasteiger partial charge in [0.2, 0.25) is 0 Å². The van der Waals surface area contributed by atoms with Crippen LogP contribution in [-0.4, -0.2) is 36.4 Å². The molecule has 8 heteroatoms. The Morgan fingerprint density at radius 2 is 1.60 bits per heavy atom. The zero-order valence-corrected chi connectivity index (χ0v) is 13.4. The van der Waals surface area contributed by atoms with Gasteiger partial charge >= 0.3 is 13.6 Å². The Morgan fingerprint density at radius 1 is 1.15 bits per heavy atom. The van der Waals surface area contributed by atoms with Gasteiger partial charge in [-0.15, -0.1) is 0 Å². The van der Waals surface area contributed by atoms with Crippen molar-refractivity contribution in [2.75, 3.05) is 13.2 Å². The molecule has 0 heterocycles. The Hall–Kier alpha value is -0.910. The van der Waals surface area contributed by atoms with E-state index in [1.165, 1.54) is 0 Å². The van der Waals surface area contributed by atoms with Crippen LogP contribution in [0.1, 0.15) is 41.0 Å². The van der Waals surface area contributed by atoms with E-state index in [2.05, 4.69) is 0 Å². The monoisotopic (exact) mass is 309 g/mol. The first-order valence-corrected chi connectivity index (χ1v) is 7.98. The zero-order valence-electron chi connectivity index (χ0n) is 12.5. The highest BCUT2D eigenvalue weighted by atomic mass is 31.2. The summed E-state index contributed by atoms with van der Waals surface area (Å²) in [5.41, 5.74) is -2.38. The molecule has 0 aromatic carbocycles. The second-order valence-electron chi connectivity index (χ2n) is 5.00. The maximum Gasteiger partial charge on any atom is 0.345 e. The first-order chi connectivity index (χ1) is 9.05. The summed E-state index contributed by atoms with van der Waals surface area (Å²) in [6.45, 7) is 8.02. The van der Waals surface area contributed by atoms with E-state index in [1.54, 1.807) is 34.6 Å². The topological polar surface area (TPSA) is 102 Å². The molecule has 1 atom stereocenters. The second-order valence-corrected chi connectivity index (χ2v) is 7.22. The molecule has 0 saturated heterocycles. The number of carboxylic acid groups (broad SMARTS) is 1. The molecule has 0 saturated carbocycles. The van der Waals surface area contributed by atoms with Crippen LogP contribution in [0.4, 0.5) is 0 Å².